The molecule has 1 amide bonds. The number of cyclic esters (lactones) is 1. The van der Waals surface area contributed by atoms with Crippen molar-refractivity contribution in [2.45, 2.75) is 154 Å². The molecule has 0 saturated carbocycles. The van der Waals surface area contributed by atoms with Crippen molar-refractivity contribution in [3.05, 3.63) is 48.0 Å². The lowest BCUT2D eigenvalue weighted by Crippen LogP contribution is -2.59. The monoisotopic (exact) mass is 802 g/mol. The van der Waals surface area contributed by atoms with E-state index in [0.29, 0.717) is 32.5 Å². The van der Waals surface area contributed by atoms with Crippen LogP contribution in [0.4, 0.5) is 0 Å². The van der Waals surface area contributed by atoms with Crippen molar-refractivity contribution in [1.29, 1.82) is 0 Å². The van der Waals surface area contributed by atoms with Gasteiger partial charge in [-0.25, -0.2) is 0 Å². The Morgan fingerprint density at radius 3 is 2.33 bits per heavy atom. The second-order valence-corrected chi connectivity index (χ2v) is 17.7. The van der Waals surface area contributed by atoms with Crippen LogP contribution >= 0.6 is 0 Å². The number of amides is 1. The molecule has 322 valence electrons. The lowest BCUT2D eigenvalue weighted by molar-refractivity contribution is -0.299. The van der Waals surface area contributed by atoms with E-state index in [-0.39, 0.29) is 43.2 Å². The Morgan fingerprint density at radius 1 is 1.00 bits per heavy atom. The number of carbonyl (C=O) groups excluding carboxylic acids is 2. The third-order valence-electron chi connectivity index (χ3n) is 12.5. The van der Waals surface area contributed by atoms with Gasteiger partial charge < -0.3 is 50.0 Å². The predicted octanol–water partition coefficient (Wildman–Crippen LogP) is 3.25. The number of benzene rings is 2. The molecule has 2 aliphatic rings. The number of nitrogens with one attached hydrogen (secondary N) is 1. The molecule has 0 aromatic heterocycles. The summed E-state index contributed by atoms with van der Waals surface area (Å²) >= 11 is 0. The SMILES string of the molecule is CC[C@H]1OC(=O)[C@H](C)[C@@H](O)[C@H](C)[C@@H](O[C@@H]2O[C@H](C)C[C@H](N(C)C)[C@H]2O)[C@](C)(O)C[C@@H](C)CN(CCCNC(=O)Cc2cccc3ccccc23)[C@H](C)[C@@H](O)[C@]1(C)O. The second-order valence-electron chi connectivity index (χ2n) is 17.7. The molecule has 2 fully saturated rings. The smallest absolute Gasteiger partial charge is 0.311 e. The summed E-state index contributed by atoms with van der Waals surface area (Å²) in [6.45, 7) is 14.9. The van der Waals surface area contributed by atoms with E-state index in [1.54, 1.807) is 27.7 Å². The number of aliphatic hydroxyl groups is 5. The van der Waals surface area contributed by atoms with Crippen LogP contribution in [0.25, 0.3) is 10.8 Å². The Balaban J connectivity index is 1.59. The number of likely N-dealkylation sites (N-methyl/N-ethyl adjacent to an activating group) is 1. The molecule has 13 heteroatoms. The number of hydrogen-bond donors (Lipinski definition) is 6. The lowest BCUT2D eigenvalue weighted by atomic mass is 9.78. The number of aliphatic hydroxyl groups excluding tert-OH is 3. The molecule has 2 aromatic carbocycles. The number of carbonyl (C=O) groups is 2. The van der Waals surface area contributed by atoms with Gasteiger partial charge in [0.25, 0.3) is 0 Å². The fraction of sp³-hybridized carbons (Fsp3) is 0.727. The zero-order chi connectivity index (χ0) is 42.4. The van der Waals surface area contributed by atoms with E-state index in [4.69, 9.17) is 14.2 Å². The van der Waals surface area contributed by atoms with Crippen molar-refractivity contribution >= 4 is 22.6 Å². The fourth-order valence-electron chi connectivity index (χ4n) is 9.09. The van der Waals surface area contributed by atoms with Gasteiger partial charge in [-0.3, -0.25) is 14.5 Å². The van der Waals surface area contributed by atoms with Gasteiger partial charge in [-0.15, -0.1) is 0 Å². The van der Waals surface area contributed by atoms with Gasteiger partial charge in [0.2, 0.25) is 5.91 Å². The molecule has 2 aromatic rings. The molecule has 0 unspecified atom stereocenters. The molecule has 0 radical (unpaired) electrons. The molecule has 4 rings (SSSR count). The molecule has 14 atom stereocenters. The first-order valence-electron chi connectivity index (χ1n) is 20.8. The highest BCUT2D eigenvalue weighted by Crippen LogP contribution is 2.37. The van der Waals surface area contributed by atoms with Gasteiger partial charge in [-0.05, 0) is 96.7 Å². The van der Waals surface area contributed by atoms with Gasteiger partial charge in [-0.2, -0.15) is 0 Å². The van der Waals surface area contributed by atoms with Crippen LogP contribution in [-0.2, 0) is 30.2 Å². The first-order chi connectivity index (χ1) is 26.7. The zero-order valence-corrected chi connectivity index (χ0v) is 35.8. The highest BCUT2D eigenvalue weighted by Gasteiger charge is 2.50. The van der Waals surface area contributed by atoms with Crippen LogP contribution in [0.2, 0.25) is 0 Å². The third-order valence-corrected chi connectivity index (χ3v) is 12.5. The van der Waals surface area contributed by atoms with Crippen LogP contribution in [-0.4, -0.2) is 147 Å². The second kappa shape index (κ2) is 20.0. The summed E-state index contributed by atoms with van der Waals surface area (Å²) in [7, 11) is 3.74. The van der Waals surface area contributed by atoms with Crippen molar-refractivity contribution in [2.75, 3.05) is 33.7 Å². The number of hydrogen-bond acceptors (Lipinski definition) is 12. The molecule has 2 heterocycles. The van der Waals surface area contributed by atoms with E-state index in [1.807, 2.05) is 80.2 Å². The van der Waals surface area contributed by atoms with Gasteiger partial charge in [0, 0.05) is 37.6 Å². The molecular weight excluding hydrogens is 730 g/mol. The topological polar surface area (TPSA) is 181 Å². The van der Waals surface area contributed by atoms with Crippen molar-refractivity contribution in [2.24, 2.45) is 17.8 Å². The minimum Gasteiger partial charge on any atom is -0.459 e. The van der Waals surface area contributed by atoms with Gasteiger partial charge in [0.15, 0.2) is 6.29 Å². The average molecular weight is 802 g/mol. The highest BCUT2D eigenvalue weighted by molar-refractivity contribution is 5.90. The number of nitrogens with zero attached hydrogens (tertiary/aromatic N) is 2. The van der Waals surface area contributed by atoms with Gasteiger partial charge in [0.05, 0.1) is 36.3 Å². The maximum atomic E-state index is 13.7. The van der Waals surface area contributed by atoms with Crippen molar-refractivity contribution in [1.82, 2.24) is 15.1 Å². The molecule has 2 saturated heterocycles. The summed E-state index contributed by atoms with van der Waals surface area (Å²) in [5.41, 5.74) is -2.52. The molecule has 2 aliphatic heterocycles. The Kier molecular flexibility index (Phi) is 16.5. The van der Waals surface area contributed by atoms with Crippen LogP contribution in [0.5, 0.6) is 0 Å². The van der Waals surface area contributed by atoms with Gasteiger partial charge in [-0.1, -0.05) is 63.2 Å². The normalized spacial score (nSPS) is 38.0. The van der Waals surface area contributed by atoms with Crippen LogP contribution in [0.15, 0.2) is 42.5 Å². The standard InChI is InChI=1S/C44H71N3O10/c1-11-35-44(8,54)39(51)30(6)47(21-15-20-45-36(48)23-32-18-14-17-31-16-12-13-19-33(31)32)25-26(2)24-43(7,53)40(28(4)37(49)29(5)41(52)56-35)57-42-38(50)34(46(9)10)22-27(3)55-42/h12-14,16-19,26-30,34-35,37-40,42,49-51,53-54H,11,15,20-25H2,1-10H3,(H,45,48)/t26-,27-,28+,29-,30-,34+,35-,37+,38-,39-,40-,42+,43-,44-/m1/s1. The summed E-state index contributed by atoms with van der Waals surface area (Å²) in [6, 6.07) is 13.0. The molecule has 6 N–H and O–H groups in total. The Labute approximate surface area is 339 Å². The number of rotatable bonds is 10. The van der Waals surface area contributed by atoms with Crippen molar-refractivity contribution < 1.29 is 49.3 Å². The highest BCUT2D eigenvalue weighted by atomic mass is 16.7. The van der Waals surface area contributed by atoms with Gasteiger partial charge >= 0.3 is 5.97 Å². The third kappa shape index (κ3) is 11.5. The van der Waals surface area contributed by atoms with Gasteiger partial charge in [0.1, 0.15) is 23.9 Å². The van der Waals surface area contributed by atoms with Crippen molar-refractivity contribution in [3.63, 3.8) is 0 Å². The minimum absolute atomic E-state index is 0.105. The van der Waals surface area contributed by atoms with E-state index in [0.717, 1.165) is 16.3 Å². The number of esters is 1. The van der Waals surface area contributed by atoms with E-state index < -0.39 is 71.9 Å². The molecule has 0 bridgehead atoms. The molecule has 57 heavy (non-hydrogen) atoms. The summed E-state index contributed by atoms with van der Waals surface area (Å²) < 4.78 is 18.5. The van der Waals surface area contributed by atoms with Crippen molar-refractivity contribution in [3.8, 4) is 0 Å². The molecule has 0 aliphatic carbocycles. The Hall–Kier alpha value is -2.72. The summed E-state index contributed by atoms with van der Waals surface area (Å²) in [5.74, 6) is -3.03. The van der Waals surface area contributed by atoms with Crippen LogP contribution in [0.3, 0.4) is 0 Å². The average Bonchev–Trinajstić information content (AvgIpc) is 3.15. The molecule has 0 spiro atoms. The van der Waals surface area contributed by atoms with Crippen LogP contribution < -0.4 is 5.32 Å². The van der Waals surface area contributed by atoms with E-state index >= 15 is 0 Å². The predicted molar refractivity (Wildman–Crippen MR) is 219 cm³/mol. The van der Waals surface area contributed by atoms with Crippen LogP contribution in [0.1, 0.15) is 86.6 Å². The lowest BCUT2D eigenvalue weighted by Gasteiger charge is -2.46. The summed E-state index contributed by atoms with van der Waals surface area (Å²) in [4.78, 5) is 30.7. The van der Waals surface area contributed by atoms with E-state index in [9.17, 15) is 35.1 Å². The minimum atomic E-state index is -1.86. The van der Waals surface area contributed by atoms with E-state index in [1.165, 1.54) is 13.8 Å². The first kappa shape index (κ1) is 47.0. The summed E-state index contributed by atoms with van der Waals surface area (Å²) in [5, 5.41) is 64.2. The maximum Gasteiger partial charge on any atom is 0.311 e. The maximum absolute atomic E-state index is 13.7. The first-order valence-corrected chi connectivity index (χ1v) is 20.8. The Bertz CT molecular complexity index is 1600. The fourth-order valence-corrected chi connectivity index (χ4v) is 9.09. The summed E-state index contributed by atoms with van der Waals surface area (Å²) in [6.07, 6.45) is -5.62. The molecule has 13 nitrogen and oxygen atoms in total. The van der Waals surface area contributed by atoms with E-state index in [2.05, 4.69) is 5.32 Å². The molecular formula is C44H71N3O10. The quantitative estimate of drug-likeness (QED) is 0.153. The largest absolute Gasteiger partial charge is 0.459 e. The number of ether oxygens (including phenoxy) is 3. The zero-order valence-electron chi connectivity index (χ0n) is 35.8. The Morgan fingerprint density at radius 2 is 1.67 bits per heavy atom. The van der Waals surface area contributed by atoms with Crippen LogP contribution in [0, 0.1) is 17.8 Å². The number of fused-ring (bicyclic) bond motifs is 1.